The van der Waals surface area contributed by atoms with Gasteiger partial charge in [-0.25, -0.2) is 0 Å². The molecule has 1 saturated carbocycles. The van der Waals surface area contributed by atoms with Gasteiger partial charge < -0.3 is 14.0 Å². The molecule has 0 aromatic rings. The smallest absolute Gasteiger partial charge is 0.306 e. The van der Waals surface area contributed by atoms with Gasteiger partial charge in [-0.05, 0) is 86.1 Å². The maximum absolute atomic E-state index is 12.6. The molecule has 1 saturated heterocycles. The lowest BCUT2D eigenvalue weighted by Crippen LogP contribution is -2.45. The molecule has 4 nitrogen and oxygen atoms in total. The Kier molecular flexibility index (Phi) is 11.8. The Morgan fingerprint density at radius 2 is 1.63 bits per heavy atom. The predicted octanol–water partition coefficient (Wildman–Crippen LogP) is 9.62. The molecule has 1 aliphatic carbocycles. The van der Waals surface area contributed by atoms with Crippen molar-refractivity contribution in [3.8, 4) is 0 Å². The molecule has 0 amide bonds. The average molecular weight is 569 g/mol. The van der Waals surface area contributed by atoms with Gasteiger partial charge in [0.15, 0.2) is 16.6 Å². The molecule has 1 heterocycles. The third-order valence-corrected chi connectivity index (χ3v) is 18.9. The number of rotatable bonds is 12. The van der Waals surface area contributed by atoms with Crippen LogP contribution in [0.2, 0.25) is 36.3 Å². The van der Waals surface area contributed by atoms with Gasteiger partial charge in [-0.3, -0.25) is 4.79 Å². The standard InChI is InChI=1S/C32H64O4Si2/c1-12-13-17-21-32(7,24-31(5,6)37(8,9)34)22-20-26-25-18-15-14-16-19-29(33)35-27(25)23-28(26)36-38(10,11)30(2,3)4/h25-28,34H,12-24H2,1-11H3/t25-,26-,27+,28-,32+/m1/s1. The van der Waals surface area contributed by atoms with Crippen molar-refractivity contribution in [3.05, 3.63) is 0 Å². The first-order valence-electron chi connectivity index (χ1n) is 15.9. The monoisotopic (exact) mass is 568 g/mol. The fourth-order valence-electron chi connectivity index (χ4n) is 6.71. The molecule has 0 radical (unpaired) electrons. The Bertz CT molecular complexity index is 752. The summed E-state index contributed by atoms with van der Waals surface area (Å²) in [7, 11) is -4.26. The molecule has 38 heavy (non-hydrogen) atoms. The Labute approximate surface area is 238 Å². The van der Waals surface area contributed by atoms with Crippen LogP contribution in [0.5, 0.6) is 0 Å². The van der Waals surface area contributed by atoms with Crippen molar-refractivity contribution in [1.29, 1.82) is 0 Å². The van der Waals surface area contributed by atoms with Crippen molar-refractivity contribution in [2.45, 2.75) is 180 Å². The first kappa shape index (κ1) is 34.0. The SMILES string of the molecule is CCCCC[C@@](C)(CC[C@@H]1[C@H]2CCCCCC(=O)O[C@H]2C[C@H]1O[Si](C)(C)C(C)(C)C)CC(C)(C)[Si](C)(C)O. The second-order valence-electron chi connectivity index (χ2n) is 16.0. The zero-order valence-corrected chi connectivity index (χ0v) is 29.2. The lowest BCUT2D eigenvalue weighted by atomic mass is 9.71. The van der Waals surface area contributed by atoms with Crippen molar-refractivity contribution < 1.29 is 18.8 Å². The molecule has 0 unspecified atom stereocenters. The van der Waals surface area contributed by atoms with Gasteiger partial charge in [0.1, 0.15) is 6.10 Å². The first-order chi connectivity index (χ1) is 17.3. The number of fused-ring (bicyclic) bond motifs is 1. The molecule has 0 aromatic heterocycles. The van der Waals surface area contributed by atoms with Crippen molar-refractivity contribution in [2.24, 2.45) is 17.3 Å². The van der Waals surface area contributed by atoms with Crippen molar-refractivity contribution >= 4 is 22.6 Å². The van der Waals surface area contributed by atoms with Crippen molar-refractivity contribution in [1.82, 2.24) is 0 Å². The topological polar surface area (TPSA) is 55.8 Å². The minimum Gasteiger partial charge on any atom is -0.462 e. The summed E-state index contributed by atoms with van der Waals surface area (Å²) in [6.07, 6.45) is 14.4. The number of esters is 1. The molecule has 1 N–H and O–H groups in total. The van der Waals surface area contributed by atoms with Crippen LogP contribution in [0.15, 0.2) is 0 Å². The van der Waals surface area contributed by atoms with Gasteiger partial charge in [-0.15, -0.1) is 0 Å². The van der Waals surface area contributed by atoms with E-state index in [2.05, 4.69) is 74.7 Å². The van der Waals surface area contributed by atoms with Gasteiger partial charge in [0.25, 0.3) is 0 Å². The van der Waals surface area contributed by atoms with E-state index in [-0.39, 0.29) is 33.7 Å². The molecule has 6 heteroatoms. The van der Waals surface area contributed by atoms with Gasteiger partial charge in [0.2, 0.25) is 0 Å². The molecule has 2 rings (SSSR count). The molecular formula is C32H64O4Si2. The van der Waals surface area contributed by atoms with E-state index in [1.165, 1.54) is 32.1 Å². The van der Waals surface area contributed by atoms with Crippen LogP contribution in [-0.2, 0) is 14.0 Å². The van der Waals surface area contributed by atoms with Crippen molar-refractivity contribution in [3.63, 3.8) is 0 Å². The summed E-state index contributed by atoms with van der Waals surface area (Å²) < 4.78 is 13.3. The number of hydrogen-bond acceptors (Lipinski definition) is 4. The summed E-state index contributed by atoms with van der Waals surface area (Å²) in [5.74, 6) is 0.839. The van der Waals surface area contributed by atoms with Crippen LogP contribution in [0.3, 0.4) is 0 Å². The quantitative estimate of drug-likeness (QED) is 0.145. The Morgan fingerprint density at radius 1 is 0.974 bits per heavy atom. The van der Waals surface area contributed by atoms with Crippen LogP contribution in [0.1, 0.15) is 132 Å². The van der Waals surface area contributed by atoms with Gasteiger partial charge in [-0.1, -0.05) is 80.6 Å². The summed E-state index contributed by atoms with van der Waals surface area (Å²) >= 11 is 0. The highest BCUT2D eigenvalue weighted by Crippen LogP contribution is 2.52. The molecule has 0 spiro atoms. The lowest BCUT2D eigenvalue weighted by Gasteiger charge is -2.44. The molecule has 1 aliphatic heterocycles. The summed E-state index contributed by atoms with van der Waals surface area (Å²) in [5, 5.41) is 0.125. The second-order valence-corrected chi connectivity index (χ2v) is 25.3. The van der Waals surface area contributed by atoms with Gasteiger partial charge >= 0.3 is 5.97 Å². The number of unbranched alkanes of at least 4 members (excludes halogenated alkanes) is 2. The van der Waals surface area contributed by atoms with Crippen LogP contribution in [-0.4, -0.2) is 39.6 Å². The largest absolute Gasteiger partial charge is 0.462 e. The Hall–Kier alpha value is -0.176. The number of ether oxygens (including phenoxy) is 1. The van der Waals surface area contributed by atoms with Crippen LogP contribution >= 0.6 is 0 Å². The van der Waals surface area contributed by atoms with E-state index < -0.39 is 16.6 Å². The molecule has 2 fully saturated rings. The maximum atomic E-state index is 12.6. The van der Waals surface area contributed by atoms with Gasteiger partial charge in [0.05, 0.1) is 6.10 Å². The number of carbonyl (C=O) groups excluding carboxylic acids is 1. The first-order valence-corrected chi connectivity index (χ1v) is 21.8. The minimum atomic E-state index is -2.30. The van der Waals surface area contributed by atoms with Crippen LogP contribution in [0.25, 0.3) is 0 Å². The van der Waals surface area contributed by atoms with E-state index in [1.54, 1.807) is 0 Å². The van der Waals surface area contributed by atoms with E-state index in [9.17, 15) is 9.59 Å². The van der Waals surface area contributed by atoms with Crippen LogP contribution in [0.4, 0.5) is 0 Å². The number of hydrogen-bond donors (Lipinski definition) is 1. The molecule has 0 bridgehead atoms. The summed E-state index contributed by atoms with van der Waals surface area (Å²) in [6.45, 7) is 25.3. The molecule has 0 aromatic carbocycles. The van der Waals surface area contributed by atoms with E-state index in [0.29, 0.717) is 18.3 Å². The highest BCUT2D eigenvalue weighted by atomic mass is 28.4. The van der Waals surface area contributed by atoms with E-state index in [0.717, 1.165) is 44.9 Å². The molecule has 5 atom stereocenters. The summed E-state index contributed by atoms with van der Waals surface area (Å²) in [4.78, 5) is 23.8. The molecule has 2 aliphatic rings. The van der Waals surface area contributed by atoms with E-state index in [4.69, 9.17) is 9.16 Å². The average Bonchev–Trinajstić information content (AvgIpc) is 3.08. The normalized spacial score (nSPS) is 27.6. The Balaban J connectivity index is 2.34. The zero-order chi connectivity index (χ0) is 29.0. The summed E-state index contributed by atoms with van der Waals surface area (Å²) in [6, 6.07) is 0. The van der Waals surface area contributed by atoms with Gasteiger partial charge in [0, 0.05) is 18.8 Å². The molecular weight excluding hydrogens is 505 g/mol. The Morgan fingerprint density at radius 3 is 2.21 bits per heavy atom. The second kappa shape index (κ2) is 13.2. The van der Waals surface area contributed by atoms with Crippen molar-refractivity contribution in [2.75, 3.05) is 0 Å². The third kappa shape index (κ3) is 9.17. The lowest BCUT2D eigenvalue weighted by molar-refractivity contribution is -0.151. The van der Waals surface area contributed by atoms with E-state index in [1.807, 2.05) is 0 Å². The number of carbonyl (C=O) groups is 1. The highest BCUT2D eigenvalue weighted by Gasteiger charge is 2.50. The summed E-state index contributed by atoms with van der Waals surface area (Å²) in [5.41, 5.74) is 0.195. The minimum absolute atomic E-state index is 0.00471. The van der Waals surface area contributed by atoms with E-state index >= 15 is 0 Å². The highest BCUT2D eigenvalue weighted by molar-refractivity contribution is 6.74. The van der Waals surface area contributed by atoms with Crippen LogP contribution in [0, 0.1) is 17.3 Å². The fourth-order valence-corrected chi connectivity index (χ4v) is 8.95. The van der Waals surface area contributed by atoms with Gasteiger partial charge in [-0.2, -0.15) is 0 Å². The predicted molar refractivity (Wildman–Crippen MR) is 166 cm³/mol. The maximum Gasteiger partial charge on any atom is 0.306 e. The third-order valence-electron chi connectivity index (χ3n) is 10.9. The zero-order valence-electron chi connectivity index (χ0n) is 27.2. The fraction of sp³-hybridized carbons (Fsp3) is 0.969. The van der Waals surface area contributed by atoms with Crippen LogP contribution < -0.4 is 0 Å². The molecule has 224 valence electrons.